The van der Waals surface area contributed by atoms with Crippen LogP contribution in [-0.4, -0.2) is 59.3 Å². The Kier molecular flexibility index (Phi) is 6.58. The van der Waals surface area contributed by atoms with Crippen molar-refractivity contribution in [1.82, 2.24) is 20.0 Å². The lowest BCUT2D eigenvalue weighted by Gasteiger charge is -2.35. The molecule has 1 N–H and O–H groups in total. The van der Waals surface area contributed by atoms with Crippen LogP contribution in [0.25, 0.3) is 0 Å². The van der Waals surface area contributed by atoms with Crippen LogP contribution in [-0.2, 0) is 16.1 Å². The van der Waals surface area contributed by atoms with Gasteiger partial charge in [0.15, 0.2) is 0 Å². The summed E-state index contributed by atoms with van der Waals surface area (Å²) in [5, 5.41) is 7.13. The number of methoxy groups -OCH3 is 1. The first-order chi connectivity index (χ1) is 11.2. The number of ether oxygens (including phenoxy) is 1. The third-order valence-electron chi connectivity index (χ3n) is 4.15. The Morgan fingerprint density at radius 2 is 2.26 bits per heavy atom. The van der Waals surface area contributed by atoms with E-state index >= 15 is 0 Å². The van der Waals surface area contributed by atoms with E-state index in [0.29, 0.717) is 12.2 Å². The van der Waals surface area contributed by atoms with Crippen molar-refractivity contribution in [3.8, 4) is 0 Å². The van der Waals surface area contributed by atoms with E-state index in [4.69, 9.17) is 4.74 Å². The topological polar surface area (TPSA) is 76.5 Å². The summed E-state index contributed by atoms with van der Waals surface area (Å²) >= 11 is 0. The van der Waals surface area contributed by atoms with Crippen LogP contribution in [0.4, 0.5) is 0 Å². The Hall–Kier alpha value is -1.89. The van der Waals surface area contributed by atoms with Crippen LogP contribution >= 0.6 is 0 Å². The summed E-state index contributed by atoms with van der Waals surface area (Å²) in [5.74, 6) is -0.131. The average molecular weight is 322 g/mol. The highest BCUT2D eigenvalue weighted by Gasteiger charge is 2.28. The van der Waals surface area contributed by atoms with Gasteiger partial charge in [0.1, 0.15) is 12.3 Å². The molecule has 128 valence electrons. The molecular weight excluding hydrogens is 296 g/mol. The molecule has 23 heavy (non-hydrogen) atoms. The second kappa shape index (κ2) is 8.67. The van der Waals surface area contributed by atoms with Gasteiger partial charge in [-0.15, -0.1) is 0 Å². The lowest BCUT2D eigenvalue weighted by atomic mass is 9.99. The van der Waals surface area contributed by atoms with Gasteiger partial charge in [-0.1, -0.05) is 0 Å². The second-order valence-electron chi connectivity index (χ2n) is 5.78. The first-order valence-electron chi connectivity index (χ1n) is 8.25. The maximum absolute atomic E-state index is 12.7. The predicted molar refractivity (Wildman–Crippen MR) is 86.1 cm³/mol. The summed E-state index contributed by atoms with van der Waals surface area (Å²) < 4.78 is 6.55. The highest BCUT2D eigenvalue weighted by molar-refractivity contribution is 5.92. The van der Waals surface area contributed by atoms with Crippen LogP contribution in [0.15, 0.2) is 12.3 Å². The fraction of sp³-hybridized carbons (Fsp3) is 0.688. The quantitative estimate of drug-likeness (QED) is 0.814. The van der Waals surface area contributed by atoms with Crippen molar-refractivity contribution in [2.24, 2.45) is 0 Å². The minimum atomic E-state index is -0.122. The molecule has 1 saturated heterocycles. The van der Waals surface area contributed by atoms with Crippen LogP contribution in [0, 0.1) is 0 Å². The summed E-state index contributed by atoms with van der Waals surface area (Å²) in [6.07, 6.45) is 5.70. The SMILES string of the molecule is CCn1ccc(C(=O)N2CCCCC2CCNC(=O)COC)n1. The van der Waals surface area contributed by atoms with E-state index in [2.05, 4.69) is 10.4 Å². The fourth-order valence-corrected chi connectivity index (χ4v) is 2.93. The summed E-state index contributed by atoms with van der Waals surface area (Å²) in [6.45, 7) is 4.13. The average Bonchev–Trinajstić information content (AvgIpc) is 3.04. The molecule has 1 aromatic rings. The number of hydrogen-bond acceptors (Lipinski definition) is 4. The number of hydrogen-bond donors (Lipinski definition) is 1. The molecule has 1 unspecified atom stereocenters. The highest BCUT2D eigenvalue weighted by atomic mass is 16.5. The van der Waals surface area contributed by atoms with Gasteiger partial charge in [0.2, 0.25) is 5.91 Å². The van der Waals surface area contributed by atoms with Gasteiger partial charge in [-0.05, 0) is 38.7 Å². The maximum atomic E-state index is 12.7. The largest absolute Gasteiger partial charge is 0.375 e. The second-order valence-corrected chi connectivity index (χ2v) is 5.78. The van der Waals surface area contributed by atoms with Gasteiger partial charge in [0, 0.05) is 39.0 Å². The molecule has 7 nitrogen and oxygen atoms in total. The molecule has 1 fully saturated rings. The molecule has 7 heteroatoms. The number of carbonyl (C=O) groups is 2. The summed E-state index contributed by atoms with van der Waals surface area (Å²) in [6, 6.07) is 1.93. The number of aromatic nitrogens is 2. The first-order valence-corrected chi connectivity index (χ1v) is 8.25. The van der Waals surface area contributed by atoms with Gasteiger partial charge >= 0.3 is 0 Å². The molecule has 1 aromatic heterocycles. The van der Waals surface area contributed by atoms with Crippen molar-refractivity contribution in [3.63, 3.8) is 0 Å². The molecular formula is C16H26N4O3. The zero-order chi connectivity index (χ0) is 16.7. The molecule has 0 saturated carbocycles. The van der Waals surface area contributed by atoms with Crippen LogP contribution in [0.5, 0.6) is 0 Å². The Labute approximate surface area is 137 Å². The van der Waals surface area contributed by atoms with Gasteiger partial charge in [0.25, 0.3) is 5.91 Å². The molecule has 0 radical (unpaired) electrons. The van der Waals surface area contributed by atoms with Gasteiger partial charge in [-0.3, -0.25) is 14.3 Å². The molecule has 2 amide bonds. The third-order valence-corrected chi connectivity index (χ3v) is 4.15. The number of piperidine rings is 1. The normalized spacial score (nSPS) is 18.0. The molecule has 2 heterocycles. The number of likely N-dealkylation sites (tertiary alicyclic amines) is 1. The number of amides is 2. The van der Waals surface area contributed by atoms with Gasteiger partial charge < -0.3 is 15.0 Å². The summed E-state index contributed by atoms with van der Waals surface area (Å²) in [5.41, 5.74) is 0.502. The van der Waals surface area contributed by atoms with Crippen LogP contribution in [0.1, 0.15) is 43.1 Å². The van der Waals surface area contributed by atoms with E-state index in [1.165, 1.54) is 7.11 Å². The minimum Gasteiger partial charge on any atom is -0.375 e. The molecule has 1 aliphatic rings. The lowest BCUT2D eigenvalue weighted by molar-refractivity contribution is -0.124. The lowest BCUT2D eigenvalue weighted by Crippen LogP contribution is -2.45. The van der Waals surface area contributed by atoms with Crippen molar-refractivity contribution in [2.75, 3.05) is 26.8 Å². The molecule has 0 aromatic carbocycles. The Bertz CT molecular complexity index is 529. The van der Waals surface area contributed by atoms with Crippen molar-refractivity contribution < 1.29 is 14.3 Å². The zero-order valence-electron chi connectivity index (χ0n) is 14.0. The number of aryl methyl sites for hydroxylation is 1. The van der Waals surface area contributed by atoms with Crippen LogP contribution in [0.2, 0.25) is 0 Å². The zero-order valence-corrected chi connectivity index (χ0v) is 14.0. The Morgan fingerprint density at radius 3 is 2.96 bits per heavy atom. The molecule has 1 atom stereocenters. The van der Waals surface area contributed by atoms with E-state index in [0.717, 1.165) is 38.8 Å². The molecule has 0 aliphatic carbocycles. The minimum absolute atomic E-state index is 0.00915. The van der Waals surface area contributed by atoms with Crippen molar-refractivity contribution in [3.05, 3.63) is 18.0 Å². The van der Waals surface area contributed by atoms with Crippen LogP contribution in [0.3, 0.4) is 0 Å². The third kappa shape index (κ3) is 4.79. The Morgan fingerprint density at radius 1 is 1.43 bits per heavy atom. The van der Waals surface area contributed by atoms with E-state index in [1.807, 2.05) is 18.0 Å². The monoisotopic (exact) mass is 322 g/mol. The van der Waals surface area contributed by atoms with Crippen molar-refractivity contribution in [1.29, 1.82) is 0 Å². The predicted octanol–water partition coefficient (Wildman–Crippen LogP) is 1.05. The molecule has 0 bridgehead atoms. The smallest absolute Gasteiger partial charge is 0.274 e. The molecule has 2 rings (SSSR count). The van der Waals surface area contributed by atoms with E-state index in [-0.39, 0.29) is 24.5 Å². The highest BCUT2D eigenvalue weighted by Crippen LogP contribution is 2.21. The molecule has 1 aliphatic heterocycles. The fourth-order valence-electron chi connectivity index (χ4n) is 2.93. The van der Waals surface area contributed by atoms with E-state index in [9.17, 15) is 9.59 Å². The number of nitrogens with zero attached hydrogens (tertiary/aromatic N) is 3. The van der Waals surface area contributed by atoms with Crippen molar-refractivity contribution in [2.45, 2.75) is 45.2 Å². The van der Waals surface area contributed by atoms with Crippen molar-refractivity contribution >= 4 is 11.8 Å². The summed E-state index contributed by atoms with van der Waals surface area (Å²) in [7, 11) is 1.50. The number of carbonyl (C=O) groups excluding carboxylic acids is 2. The van der Waals surface area contributed by atoms with Gasteiger partial charge in [-0.25, -0.2) is 0 Å². The maximum Gasteiger partial charge on any atom is 0.274 e. The van der Waals surface area contributed by atoms with Crippen LogP contribution < -0.4 is 5.32 Å². The summed E-state index contributed by atoms with van der Waals surface area (Å²) in [4.78, 5) is 26.0. The number of rotatable bonds is 7. The van der Waals surface area contributed by atoms with Gasteiger partial charge in [-0.2, -0.15) is 5.10 Å². The van der Waals surface area contributed by atoms with Gasteiger partial charge in [0.05, 0.1) is 0 Å². The Balaban J connectivity index is 1.92. The van der Waals surface area contributed by atoms with E-state index in [1.54, 1.807) is 10.7 Å². The molecule has 0 spiro atoms. The number of nitrogens with one attached hydrogen (secondary N) is 1. The first kappa shape index (κ1) is 17.5. The van der Waals surface area contributed by atoms with E-state index < -0.39 is 0 Å². The standard InChI is InChI=1S/C16H26N4O3/c1-3-19-11-8-14(18-19)16(22)20-10-5-4-6-13(20)7-9-17-15(21)12-23-2/h8,11,13H,3-7,9-10,12H2,1-2H3,(H,17,21).